The Morgan fingerprint density at radius 3 is 2.79 bits per heavy atom. The van der Waals surface area contributed by atoms with Crippen LogP contribution in [0.25, 0.3) is 0 Å². The Balaban J connectivity index is 2.26. The summed E-state index contributed by atoms with van der Waals surface area (Å²) in [5, 5.41) is 16.6. The highest BCUT2D eigenvalue weighted by Gasteiger charge is 2.22. The summed E-state index contributed by atoms with van der Waals surface area (Å²) in [7, 11) is 0. The van der Waals surface area contributed by atoms with Crippen LogP contribution in [0, 0.1) is 10.1 Å². The van der Waals surface area contributed by atoms with Gasteiger partial charge in [0.2, 0.25) is 0 Å². The number of carbonyl (C=O) groups excluding carboxylic acids is 1. The fourth-order valence-electron chi connectivity index (χ4n) is 1.89. The van der Waals surface area contributed by atoms with E-state index < -0.39 is 10.8 Å². The minimum absolute atomic E-state index is 0.00149. The monoisotopic (exact) mass is 303 g/mol. The van der Waals surface area contributed by atoms with Crippen LogP contribution in [-0.4, -0.2) is 30.0 Å². The number of nitro benzene ring substituents is 1. The number of benzene rings is 1. The second-order valence-electron chi connectivity index (χ2n) is 4.21. The number of nitrogens with one attached hydrogen (secondary N) is 2. The summed E-state index contributed by atoms with van der Waals surface area (Å²) in [6.07, 6.45) is 0.812. The maximum atomic E-state index is 12.0. The molecule has 19 heavy (non-hydrogen) atoms. The van der Waals surface area contributed by atoms with Gasteiger partial charge in [-0.25, -0.2) is 0 Å². The fourth-order valence-corrected chi connectivity index (χ4v) is 2.29. The number of rotatable bonds is 3. The molecule has 102 valence electrons. The molecule has 1 fully saturated rings. The first-order valence-corrected chi connectivity index (χ1v) is 6.39. The summed E-state index contributed by atoms with van der Waals surface area (Å²) >= 11 is 11.7. The Bertz CT molecular complexity index is 530. The van der Waals surface area contributed by atoms with Crippen LogP contribution >= 0.6 is 23.2 Å². The minimum Gasteiger partial charge on any atom is -0.348 e. The van der Waals surface area contributed by atoms with Gasteiger partial charge in [-0.1, -0.05) is 23.2 Å². The molecular formula is C11H11Cl2N3O3. The van der Waals surface area contributed by atoms with Gasteiger partial charge in [-0.05, 0) is 13.0 Å². The molecule has 1 saturated heterocycles. The lowest BCUT2D eigenvalue weighted by molar-refractivity contribution is -0.384. The van der Waals surface area contributed by atoms with Crippen molar-refractivity contribution in [3.63, 3.8) is 0 Å². The van der Waals surface area contributed by atoms with Crippen LogP contribution in [-0.2, 0) is 0 Å². The third-order valence-electron chi connectivity index (χ3n) is 2.86. The molecule has 0 aromatic heterocycles. The summed E-state index contributed by atoms with van der Waals surface area (Å²) in [6, 6.07) is 2.26. The van der Waals surface area contributed by atoms with Gasteiger partial charge in [0.25, 0.3) is 11.6 Å². The topological polar surface area (TPSA) is 84.3 Å². The fraction of sp³-hybridized carbons (Fsp3) is 0.364. The van der Waals surface area contributed by atoms with Crippen molar-refractivity contribution in [1.29, 1.82) is 0 Å². The smallest absolute Gasteiger partial charge is 0.271 e. The van der Waals surface area contributed by atoms with E-state index in [1.54, 1.807) is 0 Å². The molecule has 8 heteroatoms. The van der Waals surface area contributed by atoms with Gasteiger partial charge in [0.15, 0.2) is 0 Å². The number of carbonyl (C=O) groups is 1. The lowest BCUT2D eigenvalue weighted by Crippen LogP contribution is -2.36. The summed E-state index contributed by atoms with van der Waals surface area (Å²) in [6.45, 7) is 1.50. The quantitative estimate of drug-likeness (QED) is 0.660. The number of hydrogen-bond donors (Lipinski definition) is 2. The zero-order valence-corrected chi connectivity index (χ0v) is 11.3. The molecule has 1 aromatic carbocycles. The second-order valence-corrected chi connectivity index (χ2v) is 4.99. The van der Waals surface area contributed by atoms with Crippen LogP contribution in [0.1, 0.15) is 16.8 Å². The first-order valence-electron chi connectivity index (χ1n) is 5.64. The Labute approximate surface area is 119 Å². The van der Waals surface area contributed by atoms with E-state index in [9.17, 15) is 14.9 Å². The summed E-state index contributed by atoms with van der Waals surface area (Å²) < 4.78 is 0. The van der Waals surface area contributed by atoms with E-state index >= 15 is 0 Å². The van der Waals surface area contributed by atoms with Crippen molar-refractivity contribution >= 4 is 34.8 Å². The predicted molar refractivity (Wildman–Crippen MR) is 71.9 cm³/mol. The van der Waals surface area contributed by atoms with Crippen molar-refractivity contribution in [2.45, 2.75) is 12.5 Å². The van der Waals surface area contributed by atoms with Crippen LogP contribution in [0.3, 0.4) is 0 Å². The van der Waals surface area contributed by atoms with Crippen molar-refractivity contribution in [2.75, 3.05) is 13.1 Å². The van der Waals surface area contributed by atoms with E-state index in [4.69, 9.17) is 23.2 Å². The summed E-state index contributed by atoms with van der Waals surface area (Å²) in [4.78, 5) is 22.2. The van der Waals surface area contributed by atoms with Gasteiger partial charge in [0.05, 0.1) is 20.5 Å². The third kappa shape index (κ3) is 3.15. The molecule has 0 aliphatic carbocycles. The van der Waals surface area contributed by atoms with Gasteiger partial charge in [-0.3, -0.25) is 14.9 Å². The molecule has 0 saturated carbocycles. The Hall–Kier alpha value is -1.37. The lowest BCUT2D eigenvalue weighted by Gasteiger charge is -2.12. The molecule has 0 unspecified atom stereocenters. The third-order valence-corrected chi connectivity index (χ3v) is 3.67. The van der Waals surface area contributed by atoms with E-state index in [1.807, 2.05) is 0 Å². The van der Waals surface area contributed by atoms with Gasteiger partial charge in [-0.15, -0.1) is 0 Å². The first kappa shape index (κ1) is 14.0. The standard InChI is InChI=1S/C11H11Cl2N3O3/c12-9-4-7(16(18)19)3-8(10(9)13)11(17)15-6-1-2-14-5-6/h3-4,6,14H,1-2,5H2,(H,15,17)/t6-/m0/s1. The first-order chi connectivity index (χ1) is 8.99. The molecule has 6 nitrogen and oxygen atoms in total. The van der Waals surface area contributed by atoms with Crippen LogP contribution in [0.2, 0.25) is 10.0 Å². The maximum Gasteiger partial charge on any atom is 0.271 e. The van der Waals surface area contributed by atoms with E-state index in [2.05, 4.69) is 10.6 Å². The van der Waals surface area contributed by atoms with Gasteiger partial charge in [0.1, 0.15) is 0 Å². The molecule has 1 amide bonds. The summed E-state index contributed by atoms with van der Waals surface area (Å²) in [5.41, 5.74) is -0.239. The Morgan fingerprint density at radius 2 is 2.21 bits per heavy atom. The molecule has 0 bridgehead atoms. The SMILES string of the molecule is O=C(N[C@H]1CCNC1)c1cc([N+](=O)[O-])cc(Cl)c1Cl. The normalized spacial score (nSPS) is 18.3. The highest BCUT2D eigenvalue weighted by Crippen LogP contribution is 2.30. The maximum absolute atomic E-state index is 12.0. The second kappa shape index (κ2) is 5.73. The zero-order chi connectivity index (χ0) is 14.0. The van der Waals surface area contributed by atoms with Crippen LogP contribution in [0.5, 0.6) is 0 Å². The number of amides is 1. The van der Waals surface area contributed by atoms with Gasteiger partial charge < -0.3 is 10.6 Å². The highest BCUT2D eigenvalue weighted by atomic mass is 35.5. The minimum atomic E-state index is -0.615. The zero-order valence-electron chi connectivity index (χ0n) is 9.78. The predicted octanol–water partition coefficient (Wildman–Crippen LogP) is 1.99. The largest absolute Gasteiger partial charge is 0.348 e. The molecular weight excluding hydrogens is 293 g/mol. The molecule has 1 heterocycles. The van der Waals surface area contributed by atoms with Crippen LogP contribution < -0.4 is 10.6 Å². The average molecular weight is 304 g/mol. The van der Waals surface area contributed by atoms with Gasteiger partial charge in [0, 0.05) is 24.7 Å². The number of nitro groups is 1. The molecule has 1 aliphatic rings. The van der Waals surface area contributed by atoms with E-state index in [0.29, 0.717) is 6.54 Å². The van der Waals surface area contributed by atoms with Crippen molar-refractivity contribution in [1.82, 2.24) is 10.6 Å². The van der Waals surface area contributed by atoms with E-state index in [1.165, 1.54) is 0 Å². The summed E-state index contributed by atoms with van der Waals surface area (Å²) in [5.74, 6) is -0.454. The van der Waals surface area contributed by atoms with Crippen molar-refractivity contribution in [3.05, 3.63) is 37.9 Å². The van der Waals surface area contributed by atoms with Crippen LogP contribution in [0.4, 0.5) is 5.69 Å². The molecule has 0 radical (unpaired) electrons. The van der Waals surface area contributed by atoms with E-state index in [0.717, 1.165) is 25.1 Å². The molecule has 2 N–H and O–H groups in total. The van der Waals surface area contributed by atoms with Gasteiger partial charge in [-0.2, -0.15) is 0 Å². The molecule has 1 aromatic rings. The lowest BCUT2D eigenvalue weighted by atomic mass is 10.1. The van der Waals surface area contributed by atoms with Crippen molar-refractivity contribution in [3.8, 4) is 0 Å². The van der Waals surface area contributed by atoms with Crippen molar-refractivity contribution in [2.24, 2.45) is 0 Å². The molecule has 2 rings (SSSR count). The number of halogens is 2. The van der Waals surface area contributed by atoms with E-state index in [-0.39, 0.29) is 27.3 Å². The number of nitrogens with zero attached hydrogens (tertiary/aromatic N) is 1. The number of non-ortho nitro benzene ring substituents is 1. The molecule has 0 spiro atoms. The number of hydrogen-bond acceptors (Lipinski definition) is 4. The molecule has 1 aliphatic heterocycles. The average Bonchev–Trinajstić information content (AvgIpc) is 2.84. The Kier molecular flexibility index (Phi) is 4.24. The van der Waals surface area contributed by atoms with Crippen LogP contribution in [0.15, 0.2) is 12.1 Å². The molecule has 1 atom stereocenters. The Morgan fingerprint density at radius 1 is 1.47 bits per heavy atom. The highest BCUT2D eigenvalue weighted by molar-refractivity contribution is 6.44. The van der Waals surface area contributed by atoms with Gasteiger partial charge >= 0.3 is 0 Å². The van der Waals surface area contributed by atoms with Crippen molar-refractivity contribution < 1.29 is 9.72 Å².